The second-order valence-electron chi connectivity index (χ2n) is 5.05. The van der Waals surface area contributed by atoms with Crippen LogP contribution in [0.1, 0.15) is 16.8 Å². The summed E-state index contributed by atoms with van der Waals surface area (Å²) in [6, 6.07) is 8.74. The van der Waals surface area contributed by atoms with Gasteiger partial charge in [-0.25, -0.2) is 4.79 Å². The summed E-state index contributed by atoms with van der Waals surface area (Å²) in [4.78, 5) is 23.9. The number of hydrogen-bond acceptors (Lipinski definition) is 4. The molecule has 6 heteroatoms. The van der Waals surface area contributed by atoms with Crippen LogP contribution < -0.4 is 16.3 Å². The van der Waals surface area contributed by atoms with Crippen LogP contribution in [-0.2, 0) is 0 Å². The molecule has 112 valence electrons. The normalized spacial score (nSPS) is 17.4. The van der Waals surface area contributed by atoms with E-state index in [4.69, 9.17) is 4.42 Å². The van der Waals surface area contributed by atoms with Crippen molar-refractivity contribution in [3.63, 3.8) is 0 Å². The van der Waals surface area contributed by atoms with Gasteiger partial charge in [0.25, 0.3) is 5.91 Å². The van der Waals surface area contributed by atoms with E-state index in [1.54, 1.807) is 18.2 Å². The number of benzene rings is 1. The zero-order chi connectivity index (χ0) is 13.9. The maximum Gasteiger partial charge on any atom is 0.349 e. The van der Waals surface area contributed by atoms with Crippen LogP contribution in [0.2, 0.25) is 0 Å². The fourth-order valence-electron chi connectivity index (χ4n) is 2.44. The molecule has 2 heterocycles. The molecule has 0 spiro atoms. The van der Waals surface area contributed by atoms with Gasteiger partial charge in [-0.3, -0.25) is 4.79 Å². The first-order valence-electron chi connectivity index (χ1n) is 6.76. The number of nitrogens with one attached hydrogen (secondary N) is 2. The van der Waals surface area contributed by atoms with Crippen molar-refractivity contribution in [1.29, 1.82) is 0 Å². The Balaban J connectivity index is 0.00000161. The Morgan fingerprint density at radius 1 is 1.38 bits per heavy atom. The Morgan fingerprint density at radius 2 is 2.19 bits per heavy atom. The van der Waals surface area contributed by atoms with Crippen LogP contribution in [0.5, 0.6) is 0 Å². The van der Waals surface area contributed by atoms with Crippen molar-refractivity contribution in [2.75, 3.05) is 19.6 Å². The molecule has 1 unspecified atom stereocenters. The molecule has 1 aliphatic rings. The number of fused-ring (bicyclic) bond motifs is 1. The Bertz CT molecular complexity index is 693. The van der Waals surface area contributed by atoms with E-state index in [2.05, 4.69) is 10.6 Å². The molecule has 0 radical (unpaired) electrons. The third-order valence-electron chi connectivity index (χ3n) is 3.60. The summed E-state index contributed by atoms with van der Waals surface area (Å²) in [5, 5.41) is 6.80. The van der Waals surface area contributed by atoms with Crippen LogP contribution in [0.3, 0.4) is 0 Å². The van der Waals surface area contributed by atoms with Crippen LogP contribution in [0.25, 0.3) is 11.0 Å². The predicted octanol–water partition coefficient (Wildman–Crippen LogP) is 1.55. The molecule has 2 aromatic rings. The van der Waals surface area contributed by atoms with E-state index in [0.717, 1.165) is 24.9 Å². The van der Waals surface area contributed by atoms with Crippen molar-refractivity contribution in [1.82, 2.24) is 10.6 Å². The lowest BCUT2D eigenvalue weighted by atomic mass is 10.1. The molecule has 1 aromatic carbocycles. The SMILES string of the molecule is Cl.O=C(NCC1CCNC1)c1cc2ccccc2oc1=O. The van der Waals surface area contributed by atoms with Crippen LogP contribution in [-0.4, -0.2) is 25.5 Å². The fourth-order valence-corrected chi connectivity index (χ4v) is 2.44. The summed E-state index contributed by atoms with van der Waals surface area (Å²) in [7, 11) is 0. The highest BCUT2D eigenvalue weighted by Crippen LogP contribution is 2.12. The first-order chi connectivity index (χ1) is 9.74. The summed E-state index contributed by atoms with van der Waals surface area (Å²) >= 11 is 0. The number of carbonyl (C=O) groups excluding carboxylic acids is 1. The van der Waals surface area contributed by atoms with E-state index in [9.17, 15) is 9.59 Å². The average molecular weight is 309 g/mol. The van der Waals surface area contributed by atoms with Crippen molar-refractivity contribution in [2.24, 2.45) is 5.92 Å². The Kier molecular flexibility index (Phi) is 4.98. The summed E-state index contributed by atoms with van der Waals surface area (Å²) in [6.45, 7) is 2.48. The monoisotopic (exact) mass is 308 g/mol. The standard InChI is InChI=1S/C15H16N2O3.ClH/c18-14(17-9-10-5-6-16-8-10)12-7-11-3-1-2-4-13(11)20-15(12)19;/h1-4,7,10,16H,5-6,8-9H2,(H,17,18);1H. The molecule has 5 nitrogen and oxygen atoms in total. The number of para-hydroxylation sites is 1. The molecule has 1 aliphatic heterocycles. The van der Waals surface area contributed by atoms with E-state index in [1.807, 2.05) is 12.1 Å². The van der Waals surface area contributed by atoms with E-state index >= 15 is 0 Å². The first-order valence-corrected chi connectivity index (χ1v) is 6.76. The van der Waals surface area contributed by atoms with Gasteiger partial charge in [0.1, 0.15) is 11.1 Å². The molecule has 0 aliphatic carbocycles. The minimum absolute atomic E-state index is 0. The van der Waals surface area contributed by atoms with E-state index < -0.39 is 5.63 Å². The largest absolute Gasteiger partial charge is 0.422 e. The molecular weight excluding hydrogens is 292 g/mol. The molecule has 1 saturated heterocycles. The molecule has 1 amide bonds. The number of hydrogen-bond donors (Lipinski definition) is 2. The van der Waals surface area contributed by atoms with Crippen LogP contribution in [0.15, 0.2) is 39.5 Å². The molecule has 3 rings (SSSR count). The lowest BCUT2D eigenvalue weighted by molar-refractivity contribution is 0.0944. The summed E-state index contributed by atoms with van der Waals surface area (Å²) < 4.78 is 5.16. The molecule has 1 atom stereocenters. The van der Waals surface area contributed by atoms with Crippen LogP contribution >= 0.6 is 12.4 Å². The molecule has 0 bridgehead atoms. The number of halogens is 1. The summed E-state index contributed by atoms with van der Waals surface area (Å²) in [5.74, 6) is 0.0721. The van der Waals surface area contributed by atoms with Gasteiger partial charge in [0.2, 0.25) is 0 Å². The van der Waals surface area contributed by atoms with Crippen LogP contribution in [0.4, 0.5) is 0 Å². The molecule has 1 aromatic heterocycles. The number of carbonyl (C=O) groups is 1. The second-order valence-corrected chi connectivity index (χ2v) is 5.05. The van der Waals surface area contributed by atoms with E-state index in [-0.39, 0.29) is 23.9 Å². The van der Waals surface area contributed by atoms with E-state index in [0.29, 0.717) is 18.0 Å². The summed E-state index contributed by atoms with van der Waals surface area (Å²) in [5.41, 5.74) is -0.0329. The van der Waals surface area contributed by atoms with Crippen molar-refractivity contribution in [3.8, 4) is 0 Å². The lowest BCUT2D eigenvalue weighted by Crippen LogP contribution is -2.33. The van der Waals surface area contributed by atoms with Crippen molar-refractivity contribution < 1.29 is 9.21 Å². The maximum atomic E-state index is 12.1. The molecule has 21 heavy (non-hydrogen) atoms. The minimum atomic E-state index is -0.592. The van der Waals surface area contributed by atoms with Gasteiger partial charge >= 0.3 is 5.63 Å². The quantitative estimate of drug-likeness (QED) is 0.844. The lowest BCUT2D eigenvalue weighted by Gasteiger charge is -2.09. The zero-order valence-corrected chi connectivity index (χ0v) is 12.2. The average Bonchev–Trinajstić information content (AvgIpc) is 2.97. The highest BCUT2D eigenvalue weighted by atomic mass is 35.5. The third-order valence-corrected chi connectivity index (χ3v) is 3.60. The number of rotatable bonds is 3. The Labute approximate surface area is 128 Å². The summed E-state index contributed by atoms with van der Waals surface area (Å²) in [6.07, 6.45) is 1.05. The van der Waals surface area contributed by atoms with Gasteiger partial charge < -0.3 is 15.1 Å². The molecule has 1 fully saturated rings. The van der Waals surface area contributed by atoms with E-state index in [1.165, 1.54) is 0 Å². The Morgan fingerprint density at radius 3 is 2.95 bits per heavy atom. The van der Waals surface area contributed by atoms with Crippen molar-refractivity contribution in [3.05, 3.63) is 46.3 Å². The van der Waals surface area contributed by atoms with Crippen molar-refractivity contribution in [2.45, 2.75) is 6.42 Å². The van der Waals surface area contributed by atoms with Gasteiger partial charge in [-0.05, 0) is 37.6 Å². The van der Waals surface area contributed by atoms with Crippen molar-refractivity contribution >= 4 is 29.3 Å². The smallest absolute Gasteiger partial charge is 0.349 e. The van der Waals surface area contributed by atoms with Gasteiger partial charge in [0.15, 0.2) is 0 Å². The highest BCUT2D eigenvalue weighted by Gasteiger charge is 2.18. The topological polar surface area (TPSA) is 71.3 Å². The molecular formula is C15H17ClN2O3. The third kappa shape index (κ3) is 3.43. The first kappa shape index (κ1) is 15.5. The Hall–Kier alpha value is -1.85. The predicted molar refractivity (Wildman–Crippen MR) is 83.0 cm³/mol. The van der Waals surface area contributed by atoms with Gasteiger partial charge in [0.05, 0.1) is 0 Å². The fraction of sp³-hybridized carbons (Fsp3) is 0.333. The van der Waals surface area contributed by atoms with Crippen LogP contribution in [0, 0.1) is 5.92 Å². The van der Waals surface area contributed by atoms with Gasteiger partial charge in [-0.1, -0.05) is 18.2 Å². The zero-order valence-electron chi connectivity index (χ0n) is 11.4. The molecule has 2 N–H and O–H groups in total. The minimum Gasteiger partial charge on any atom is -0.422 e. The van der Waals surface area contributed by atoms with Gasteiger partial charge in [0, 0.05) is 11.9 Å². The van der Waals surface area contributed by atoms with Gasteiger partial charge in [-0.15, -0.1) is 12.4 Å². The van der Waals surface area contributed by atoms with Gasteiger partial charge in [-0.2, -0.15) is 0 Å². The number of amides is 1. The maximum absolute atomic E-state index is 12.1. The highest BCUT2D eigenvalue weighted by molar-refractivity contribution is 5.96. The second kappa shape index (κ2) is 6.74. The molecule has 0 saturated carbocycles.